The normalized spacial score (nSPS) is 17.9. The molecule has 1 amide bonds. The molecule has 0 spiro atoms. The van der Waals surface area contributed by atoms with Crippen LogP contribution in [0.15, 0.2) is 18.3 Å². The number of aliphatic hydroxyl groups excluding tert-OH is 1. The molecule has 1 saturated carbocycles. The van der Waals surface area contributed by atoms with E-state index in [1.165, 1.54) is 6.42 Å². The van der Waals surface area contributed by atoms with Gasteiger partial charge >= 0.3 is 0 Å². The smallest absolute Gasteiger partial charge is 0.268 e. The Labute approximate surface area is 95.3 Å². The average Bonchev–Trinajstić information content (AvgIpc) is 2.60. The third kappa shape index (κ3) is 2.27. The Morgan fingerprint density at radius 3 is 3.00 bits per heavy atom. The summed E-state index contributed by atoms with van der Waals surface area (Å²) < 4.78 is 2.04. The molecule has 0 saturated heterocycles. The number of nitrogens with one attached hydrogen (secondary N) is 1. The number of nitrogens with zero attached hydrogens (tertiary/aromatic N) is 1. The van der Waals surface area contributed by atoms with Crippen LogP contribution < -0.4 is 5.32 Å². The van der Waals surface area contributed by atoms with Gasteiger partial charge in [-0.05, 0) is 38.3 Å². The van der Waals surface area contributed by atoms with E-state index in [4.69, 9.17) is 5.11 Å². The summed E-state index contributed by atoms with van der Waals surface area (Å²) in [7, 11) is 0. The van der Waals surface area contributed by atoms with E-state index in [9.17, 15) is 4.79 Å². The third-order valence-corrected chi connectivity index (χ3v) is 3.04. The Hall–Kier alpha value is -1.29. The first-order valence-electron chi connectivity index (χ1n) is 5.81. The van der Waals surface area contributed by atoms with E-state index in [0.29, 0.717) is 18.3 Å². The van der Waals surface area contributed by atoms with Crippen LogP contribution in [-0.2, 0) is 0 Å². The second kappa shape index (κ2) is 4.70. The van der Waals surface area contributed by atoms with Crippen molar-refractivity contribution < 1.29 is 9.90 Å². The van der Waals surface area contributed by atoms with Crippen molar-refractivity contribution in [3.05, 3.63) is 24.0 Å². The minimum atomic E-state index is -0.504. The van der Waals surface area contributed by atoms with E-state index in [0.717, 1.165) is 12.8 Å². The molecule has 1 heterocycles. The van der Waals surface area contributed by atoms with Gasteiger partial charge in [0.2, 0.25) is 0 Å². The van der Waals surface area contributed by atoms with Gasteiger partial charge in [0.1, 0.15) is 5.69 Å². The van der Waals surface area contributed by atoms with Gasteiger partial charge in [0.15, 0.2) is 0 Å². The highest BCUT2D eigenvalue weighted by molar-refractivity contribution is 5.92. The summed E-state index contributed by atoms with van der Waals surface area (Å²) in [6, 6.07) is 4.22. The maximum atomic E-state index is 11.8. The highest BCUT2D eigenvalue weighted by Gasteiger charge is 2.22. The molecular formula is C12H18N2O2. The molecule has 1 aliphatic carbocycles. The van der Waals surface area contributed by atoms with Crippen molar-refractivity contribution in [3.8, 4) is 0 Å². The van der Waals surface area contributed by atoms with E-state index < -0.39 is 6.10 Å². The molecular weight excluding hydrogens is 204 g/mol. The molecule has 16 heavy (non-hydrogen) atoms. The van der Waals surface area contributed by atoms with Crippen LogP contribution in [-0.4, -0.2) is 28.2 Å². The van der Waals surface area contributed by atoms with Crippen molar-refractivity contribution in [2.24, 2.45) is 0 Å². The van der Waals surface area contributed by atoms with Crippen LogP contribution >= 0.6 is 0 Å². The summed E-state index contributed by atoms with van der Waals surface area (Å²) in [5, 5.41) is 11.8. The molecule has 4 nitrogen and oxygen atoms in total. The third-order valence-electron chi connectivity index (χ3n) is 3.04. The fourth-order valence-electron chi connectivity index (χ4n) is 1.90. The number of rotatable bonds is 4. The van der Waals surface area contributed by atoms with Crippen molar-refractivity contribution in [1.82, 2.24) is 9.88 Å². The van der Waals surface area contributed by atoms with Gasteiger partial charge < -0.3 is 15.0 Å². The van der Waals surface area contributed by atoms with Gasteiger partial charge in [-0.15, -0.1) is 0 Å². The van der Waals surface area contributed by atoms with Crippen molar-refractivity contribution in [2.75, 3.05) is 6.54 Å². The fourth-order valence-corrected chi connectivity index (χ4v) is 1.90. The van der Waals surface area contributed by atoms with E-state index in [1.807, 2.05) is 22.9 Å². The number of carbonyl (C=O) groups excluding carboxylic acids is 1. The van der Waals surface area contributed by atoms with Crippen LogP contribution in [0.1, 0.15) is 42.7 Å². The van der Waals surface area contributed by atoms with Crippen molar-refractivity contribution in [3.63, 3.8) is 0 Å². The van der Waals surface area contributed by atoms with Crippen molar-refractivity contribution in [2.45, 2.75) is 38.3 Å². The minimum Gasteiger partial charge on any atom is -0.392 e. The largest absolute Gasteiger partial charge is 0.392 e. The lowest BCUT2D eigenvalue weighted by atomic mass is 9.93. The van der Waals surface area contributed by atoms with E-state index in [1.54, 1.807) is 6.92 Å². The Morgan fingerprint density at radius 2 is 2.44 bits per heavy atom. The molecule has 1 fully saturated rings. The standard InChI is InChI=1S/C12H18N2O2/c1-9(15)8-13-12(16)11-6-3-7-14(11)10-4-2-5-10/h3,6-7,9-10,15H,2,4-5,8H2,1H3,(H,13,16)/t9-/m1/s1. The van der Waals surface area contributed by atoms with E-state index in [-0.39, 0.29) is 5.91 Å². The molecule has 88 valence electrons. The number of hydrogen-bond acceptors (Lipinski definition) is 2. The van der Waals surface area contributed by atoms with Gasteiger partial charge in [-0.2, -0.15) is 0 Å². The number of aliphatic hydroxyl groups is 1. The average molecular weight is 222 g/mol. The zero-order valence-electron chi connectivity index (χ0n) is 9.52. The second-order valence-electron chi connectivity index (χ2n) is 4.44. The van der Waals surface area contributed by atoms with E-state index in [2.05, 4.69) is 5.32 Å². The Balaban J connectivity index is 2.02. The quantitative estimate of drug-likeness (QED) is 0.807. The van der Waals surface area contributed by atoms with Gasteiger partial charge in [-0.25, -0.2) is 0 Å². The predicted octanol–water partition coefficient (Wildman–Crippen LogP) is 1.32. The summed E-state index contributed by atoms with van der Waals surface area (Å²) in [4.78, 5) is 11.8. The molecule has 0 bridgehead atoms. The number of amides is 1. The Morgan fingerprint density at radius 1 is 1.69 bits per heavy atom. The van der Waals surface area contributed by atoms with E-state index >= 15 is 0 Å². The lowest BCUT2D eigenvalue weighted by Gasteiger charge is -2.28. The van der Waals surface area contributed by atoms with Gasteiger partial charge in [0.05, 0.1) is 6.10 Å². The first kappa shape index (κ1) is 11.2. The highest BCUT2D eigenvalue weighted by atomic mass is 16.3. The maximum Gasteiger partial charge on any atom is 0.268 e. The summed E-state index contributed by atoms with van der Waals surface area (Å²) >= 11 is 0. The maximum absolute atomic E-state index is 11.8. The summed E-state index contributed by atoms with van der Waals surface area (Å²) in [5.41, 5.74) is 0.699. The number of carbonyl (C=O) groups is 1. The van der Waals surface area contributed by atoms with Crippen LogP contribution in [0.5, 0.6) is 0 Å². The monoisotopic (exact) mass is 222 g/mol. The molecule has 0 unspecified atom stereocenters. The van der Waals surface area contributed by atoms with Gasteiger partial charge in [0.25, 0.3) is 5.91 Å². The first-order chi connectivity index (χ1) is 7.68. The van der Waals surface area contributed by atoms with Crippen LogP contribution in [0.3, 0.4) is 0 Å². The summed E-state index contributed by atoms with van der Waals surface area (Å²) in [5.74, 6) is -0.0993. The lowest BCUT2D eigenvalue weighted by Crippen LogP contribution is -2.33. The first-order valence-corrected chi connectivity index (χ1v) is 5.81. The Kier molecular flexibility index (Phi) is 3.29. The lowest BCUT2D eigenvalue weighted by molar-refractivity contribution is 0.0909. The minimum absolute atomic E-state index is 0.0993. The molecule has 1 atom stereocenters. The number of aromatic nitrogens is 1. The van der Waals surface area contributed by atoms with Gasteiger partial charge in [0, 0.05) is 18.8 Å². The molecule has 0 aromatic carbocycles. The molecule has 0 radical (unpaired) electrons. The summed E-state index contributed by atoms with van der Waals surface area (Å²) in [6.07, 6.45) is 5.02. The van der Waals surface area contributed by atoms with Gasteiger partial charge in [-0.3, -0.25) is 4.79 Å². The Bertz CT molecular complexity index is 367. The summed E-state index contributed by atoms with van der Waals surface area (Å²) in [6.45, 7) is 1.96. The zero-order valence-corrected chi connectivity index (χ0v) is 9.52. The van der Waals surface area contributed by atoms with Gasteiger partial charge in [-0.1, -0.05) is 0 Å². The molecule has 4 heteroatoms. The molecule has 0 aliphatic heterocycles. The second-order valence-corrected chi connectivity index (χ2v) is 4.44. The molecule has 1 aromatic rings. The number of hydrogen-bond donors (Lipinski definition) is 2. The topological polar surface area (TPSA) is 54.3 Å². The van der Waals surface area contributed by atoms with Crippen LogP contribution in [0, 0.1) is 0 Å². The predicted molar refractivity (Wildman–Crippen MR) is 61.3 cm³/mol. The fraction of sp³-hybridized carbons (Fsp3) is 0.583. The van der Waals surface area contributed by atoms with Crippen molar-refractivity contribution in [1.29, 1.82) is 0 Å². The van der Waals surface area contributed by atoms with Crippen LogP contribution in [0.2, 0.25) is 0 Å². The molecule has 1 aromatic heterocycles. The molecule has 1 aliphatic rings. The zero-order chi connectivity index (χ0) is 11.5. The van der Waals surface area contributed by atoms with Crippen molar-refractivity contribution >= 4 is 5.91 Å². The highest BCUT2D eigenvalue weighted by Crippen LogP contribution is 2.32. The van der Waals surface area contributed by atoms with Crippen LogP contribution in [0.25, 0.3) is 0 Å². The molecule has 2 N–H and O–H groups in total. The SMILES string of the molecule is C[C@@H](O)CNC(=O)c1cccn1C1CCC1. The molecule has 2 rings (SSSR count). The van der Waals surface area contributed by atoms with Crippen LogP contribution in [0.4, 0.5) is 0 Å².